The molecular weight excluding hydrogens is 921 g/mol. The number of ether oxygens (including phenoxy) is 6. The monoisotopic (exact) mass is 966 g/mol. The van der Waals surface area contributed by atoms with E-state index in [9.17, 15) is 24.0 Å². The topological polar surface area (TPSA) is 141 Å². The standard InChI is InChI=1S/C54H46O11S3/c1-2-54(31-60-21-24-63-51(57)35-15-18-44-38(28-35)27-34-9-3-6-12-43(34)66-44,32-61-22-25-64-52(58)36-16-19-47-41(29-36)49(55)39-10-4-7-13-45(39)67-47)33-62-23-26-65-53(59)37-17-20-48-42(30-37)50(56)40-11-5-8-14-46(40)68-48/h3-20,28-30H,2,21-27,31-33H2,1H3. The van der Waals surface area contributed by atoms with Gasteiger partial charge in [-0.25, -0.2) is 14.4 Å². The molecule has 2 aromatic heterocycles. The van der Waals surface area contributed by atoms with Crippen LogP contribution in [0.5, 0.6) is 0 Å². The molecule has 9 rings (SSSR count). The molecule has 0 radical (unpaired) electrons. The number of rotatable bonds is 19. The molecule has 3 heterocycles. The lowest BCUT2D eigenvalue weighted by Crippen LogP contribution is -2.38. The second-order valence-electron chi connectivity index (χ2n) is 16.4. The fraction of sp³-hybridized carbons (Fsp3) is 0.241. The second-order valence-corrected chi connectivity index (χ2v) is 19.7. The summed E-state index contributed by atoms with van der Waals surface area (Å²) < 4.78 is 38.3. The Labute approximate surface area is 403 Å². The Kier molecular flexibility index (Phi) is 14.7. The predicted molar refractivity (Wildman–Crippen MR) is 267 cm³/mol. The number of hydrogen-bond acceptors (Lipinski definition) is 14. The first-order chi connectivity index (χ1) is 33.2. The van der Waals surface area contributed by atoms with Gasteiger partial charge in [-0.2, -0.15) is 0 Å². The Morgan fingerprint density at radius 2 is 0.897 bits per heavy atom. The molecule has 0 atom stereocenters. The van der Waals surface area contributed by atoms with Gasteiger partial charge in [-0.15, -0.1) is 22.7 Å². The average Bonchev–Trinajstić information content (AvgIpc) is 3.37. The summed E-state index contributed by atoms with van der Waals surface area (Å²) >= 11 is 4.67. The smallest absolute Gasteiger partial charge is 0.338 e. The molecule has 346 valence electrons. The zero-order chi connectivity index (χ0) is 47.0. The van der Waals surface area contributed by atoms with Crippen LogP contribution in [0.2, 0.25) is 0 Å². The van der Waals surface area contributed by atoms with Gasteiger partial charge >= 0.3 is 17.9 Å². The van der Waals surface area contributed by atoms with Crippen LogP contribution >= 0.6 is 34.4 Å². The summed E-state index contributed by atoms with van der Waals surface area (Å²) in [7, 11) is 0. The molecule has 0 aliphatic carbocycles. The molecule has 68 heavy (non-hydrogen) atoms. The number of fused-ring (bicyclic) bond motifs is 6. The van der Waals surface area contributed by atoms with E-state index in [4.69, 9.17) is 28.4 Å². The number of carbonyl (C=O) groups is 3. The summed E-state index contributed by atoms with van der Waals surface area (Å²) in [5.41, 5.74) is 2.37. The van der Waals surface area contributed by atoms with E-state index in [1.165, 1.54) is 33.1 Å². The van der Waals surface area contributed by atoms with Gasteiger partial charge in [0.1, 0.15) is 19.8 Å². The Balaban J connectivity index is 0.784. The van der Waals surface area contributed by atoms with Gasteiger partial charge in [0.25, 0.3) is 0 Å². The molecule has 0 saturated heterocycles. The van der Waals surface area contributed by atoms with Crippen molar-refractivity contribution in [1.29, 1.82) is 0 Å². The highest BCUT2D eigenvalue weighted by atomic mass is 32.2. The van der Waals surface area contributed by atoms with Gasteiger partial charge in [-0.1, -0.05) is 61.2 Å². The Hall–Kier alpha value is -6.26. The third kappa shape index (κ3) is 10.6. The summed E-state index contributed by atoms with van der Waals surface area (Å²) in [5.74, 6) is -1.58. The highest BCUT2D eigenvalue weighted by molar-refractivity contribution is 7.99. The van der Waals surface area contributed by atoms with Crippen LogP contribution in [0.15, 0.2) is 147 Å². The number of carbonyl (C=O) groups excluding carboxylic acids is 3. The minimum Gasteiger partial charge on any atom is -0.460 e. The maximum absolute atomic E-state index is 13.2. The molecule has 0 N–H and O–H groups in total. The van der Waals surface area contributed by atoms with Gasteiger partial charge in [0, 0.05) is 55.6 Å². The number of esters is 3. The molecular formula is C54H46O11S3. The van der Waals surface area contributed by atoms with E-state index in [1.807, 2.05) is 67.6 Å². The molecule has 6 aromatic carbocycles. The quantitative estimate of drug-likeness (QED) is 0.0330. The molecule has 1 aliphatic heterocycles. The maximum Gasteiger partial charge on any atom is 0.338 e. The first-order valence-electron chi connectivity index (χ1n) is 22.2. The van der Waals surface area contributed by atoms with Crippen molar-refractivity contribution in [3.05, 3.63) is 176 Å². The van der Waals surface area contributed by atoms with Crippen LogP contribution in [0.1, 0.15) is 55.5 Å². The van der Waals surface area contributed by atoms with Crippen molar-refractivity contribution in [3.8, 4) is 0 Å². The Morgan fingerprint density at radius 3 is 1.41 bits per heavy atom. The summed E-state index contributed by atoms with van der Waals surface area (Å²) in [5, 5.41) is 2.12. The van der Waals surface area contributed by atoms with E-state index in [1.54, 1.807) is 66.4 Å². The van der Waals surface area contributed by atoms with E-state index < -0.39 is 23.3 Å². The van der Waals surface area contributed by atoms with Crippen molar-refractivity contribution in [2.24, 2.45) is 5.41 Å². The van der Waals surface area contributed by atoms with E-state index in [2.05, 4.69) is 12.1 Å². The summed E-state index contributed by atoms with van der Waals surface area (Å²) in [6.07, 6.45) is 1.31. The van der Waals surface area contributed by atoms with Crippen molar-refractivity contribution in [1.82, 2.24) is 0 Å². The minimum absolute atomic E-state index is 0.0277. The molecule has 1 aliphatic rings. The van der Waals surface area contributed by atoms with Gasteiger partial charge in [-0.3, -0.25) is 9.59 Å². The van der Waals surface area contributed by atoms with E-state index in [0.29, 0.717) is 33.5 Å². The summed E-state index contributed by atoms with van der Waals surface area (Å²) in [4.78, 5) is 68.0. The van der Waals surface area contributed by atoms with Crippen LogP contribution in [-0.2, 0) is 34.8 Å². The van der Waals surface area contributed by atoms with Crippen molar-refractivity contribution in [2.75, 3.05) is 59.5 Å². The van der Waals surface area contributed by atoms with Gasteiger partial charge < -0.3 is 28.4 Å². The van der Waals surface area contributed by atoms with Crippen LogP contribution in [-0.4, -0.2) is 77.4 Å². The highest BCUT2D eigenvalue weighted by Gasteiger charge is 2.30. The lowest BCUT2D eigenvalue weighted by molar-refractivity contribution is -0.0837. The molecule has 0 amide bonds. The SMILES string of the molecule is CCC(COCCOC(=O)c1ccc2c(c1)Cc1ccccc1S2)(COCCOC(=O)c1ccc2sc3ccccc3c(=O)c2c1)COCCOC(=O)c1ccc2sc3ccccc3c(=O)c2c1. The molecule has 0 spiro atoms. The lowest BCUT2D eigenvalue weighted by atomic mass is 9.88. The third-order valence-electron chi connectivity index (χ3n) is 11.8. The normalized spacial score (nSPS) is 12.2. The zero-order valence-electron chi connectivity index (χ0n) is 37.1. The molecule has 11 nitrogen and oxygen atoms in total. The largest absolute Gasteiger partial charge is 0.460 e. The van der Waals surface area contributed by atoms with Gasteiger partial charge in [0.2, 0.25) is 0 Å². The third-order valence-corrected chi connectivity index (χ3v) is 15.4. The van der Waals surface area contributed by atoms with Crippen molar-refractivity contribution < 1.29 is 42.8 Å². The lowest BCUT2D eigenvalue weighted by Gasteiger charge is -2.32. The van der Waals surface area contributed by atoms with E-state index in [-0.39, 0.29) is 81.4 Å². The zero-order valence-corrected chi connectivity index (χ0v) is 39.6. The van der Waals surface area contributed by atoms with E-state index >= 15 is 0 Å². The molecule has 0 unspecified atom stereocenters. The van der Waals surface area contributed by atoms with Crippen molar-refractivity contribution in [3.63, 3.8) is 0 Å². The molecule has 14 heteroatoms. The van der Waals surface area contributed by atoms with Crippen LogP contribution in [0.4, 0.5) is 0 Å². The average molecular weight is 967 g/mol. The van der Waals surface area contributed by atoms with Gasteiger partial charge in [0.05, 0.1) is 56.3 Å². The van der Waals surface area contributed by atoms with Crippen LogP contribution in [0.25, 0.3) is 40.3 Å². The van der Waals surface area contributed by atoms with Gasteiger partial charge in [-0.05, 0) is 109 Å². The fourth-order valence-electron chi connectivity index (χ4n) is 8.00. The second kappa shape index (κ2) is 21.4. The summed E-state index contributed by atoms with van der Waals surface area (Å²) in [6.45, 7) is 2.73. The van der Waals surface area contributed by atoms with Crippen molar-refractivity contribution in [2.45, 2.75) is 29.6 Å². The maximum atomic E-state index is 13.2. The van der Waals surface area contributed by atoms with Crippen LogP contribution in [0, 0.1) is 5.41 Å². The Bertz CT molecular complexity index is 3150. The fourth-order valence-corrected chi connectivity index (χ4v) is 11.2. The first-order valence-corrected chi connectivity index (χ1v) is 24.7. The summed E-state index contributed by atoms with van der Waals surface area (Å²) in [6, 6.07) is 38.7. The molecule has 0 fully saturated rings. The molecule has 0 saturated carbocycles. The molecule has 0 bridgehead atoms. The first kappa shape index (κ1) is 46.8. The molecule has 8 aromatic rings. The Morgan fingerprint density at radius 1 is 0.471 bits per heavy atom. The predicted octanol–water partition coefficient (Wildman–Crippen LogP) is 10.5. The van der Waals surface area contributed by atoms with Crippen molar-refractivity contribution >= 4 is 92.7 Å². The number of benzene rings is 6. The van der Waals surface area contributed by atoms with Gasteiger partial charge in [0.15, 0.2) is 10.9 Å². The number of hydrogen-bond donors (Lipinski definition) is 0. The van der Waals surface area contributed by atoms with Crippen LogP contribution < -0.4 is 10.9 Å². The van der Waals surface area contributed by atoms with E-state index in [0.717, 1.165) is 35.7 Å². The van der Waals surface area contributed by atoms with Crippen LogP contribution in [0.3, 0.4) is 0 Å². The minimum atomic E-state index is -0.676. The highest BCUT2D eigenvalue weighted by Crippen LogP contribution is 2.40.